The Morgan fingerprint density at radius 2 is 2.50 bits per heavy atom. The molecule has 0 aromatic heterocycles. The van der Waals surface area contributed by atoms with Crippen LogP contribution in [0.15, 0.2) is 12.2 Å². The average molecular weight is 197 g/mol. The number of carbonyl (C=O) groups is 1. The van der Waals surface area contributed by atoms with Crippen LogP contribution in [0.1, 0.15) is 12.8 Å². The normalized spacial score (nSPS) is 37.3. The summed E-state index contributed by atoms with van der Waals surface area (Å²) in [4.78, 5) is 13.7. The van der Waals surface area contributed by atoms with Gasteiger partial charge in [-0.15, -0.1) is 0 Å². The molecule has 0 amide bonds. The Balaban J connectivity index is 2.29. The Kier molecular flexibility index (Phi) is 2.12. The molecule has 2 fully saturated rings. The molecule has 78 valence electrons. The highest BCUT2D eigenvalue weighted by Crippen LogP contribution is 2.41. The number of fused-ring (bicyclic) bond motifs is 1. The minimum absolute atomic E-state index is 0.243. The standard InChI is InChI=1S/C10H15NO3/c1-7-3-10(9(13)14-2)4-8(12)6-11(10)5-7/h8,12H,1,3-6H2,2H3/t8-,10-/m0/s1. The van der Waals surface area contributed by atoms with Crippen LogP contribution in [-0.4, -0.2) is 47.8 Å². The summed E-state index contributed by atoms with van der Waals surface area (Å²) in [5, 5.41) is 9.55. The lowest BCUT2D eigenvalue weighted by Crippen LogP contribution is -2.46. The number of esters is 1. The van der Waals surface area contributed by atoms with Crippen LogP contribution >= 0.6 is 0 Å². The van der Waals surface area contributed by atoms with Crippen LogP contribution in [0, 0.1) is 0 Å². The highest BCUT2D eigenvalue weighted by atomic mass is 16.5. The molecule has 2 atom stereocenters. The molecule has 0 aliphatic carbocycles. The van der Waals surface area contributed by atoms with Crippen LogP contribution in [0.2, 0.25) is 0 Å². The number of β-amino-alcohol motifs (C(OH)–C–C–N with tert-alkyl or cyclic N) is 1. The summed E-state index contributed by atoms with van der Waals surface area (Å²) in [6.45, 7) is 5.14. The van der Waals surface area contributed by atoms with Crippen molar-refractivity contribution in [2.45, 2.75) is 24.5 Å². The summed E-state index contributed by atoms with van der Waals surface area (Å²) in [6, 6.07) is 0. The molecule has 2 heterocycles. The van der Waals surface area contributed by atoms with E-state index in [0.717, 1.165) is 5.57 Å². The van der Waals surface area contributed by atoms with Crippen LogP contribution in [0.4, 0.5) is 0 Å². The van der Waals surface area contributed by atoms with Crippen molar-refractivity contribution in [3.63, 3.8) is 0 Å². The van der Waals surface area contributed by atoms with E-state index in [4.69, 9.17) is 4.74 Å². The lowest BCUT2D eigenvalue weighted by Gasteiger charge is -2.27. The molecule has 0 aromatic rings. The van der Waals surface area contributed by atoms with Crippen molar-refractivity contribution >= 4 is 5.97 Å². The highest BCUT2D eigenvalue weighted by Gasteiger charge is 2.55. The molecule has 2 saturated heterocycles. The Hall–Kier alpha value is -0.870. The second-order valence-electron chi connectivity index (χ2n) is 4.19. The molecule has 0 spiro atoms. The molecule has 0 saturated carbocycles. The second kappa shape index (κ2) is 3.07. The number of hydrogen-bond donors (Lipinski definition) is 1. The monoisotopic (exact) mass is 197 g/mol. The Labute approximate surface area is 83.2 Å². The zero-order valence-corrected chi connectivity index (χ0v) is 8.32. The van der Waals surface area contributed by atoms with Crippen molar-refractivity contribution in [1.82, 2.24) is 4.90 Å². The van der Waals surface area contributed by atoms with E-state index in [0.29, 0.717) is 25.9 Å². The maximum absolute atomic E-state index is 11.7. The number of aliphatic hydroxyl groups excluding tert-OH is 1. The molecule has 0 unspecified atom stereocenters. The van der Waals surface area contributed by atoms with Crippen LogP contribution in [0.25, 0.3) is 0 Å². The quantitative estimate of drug-likeness (QED) is 0.472. The highest BCUT2D eigenvalue weighted by molar-refractivity contribution is 5.82. The van der Waals surface area contributed by atoms with Gasteiger partial charge in [0.15, 0.2) is 0 Å². The van der Waals surface area contributed by atoms with Crippen molar-refractivity contribution < 1.29 is 14.6 Å². The molecule has 4 nitrogen and oxygen atoms in total. The molecular formula is C10H15NO3. The van der Waals surface area contributed by atoms with Crippen molar-refractivity contribution in [2.24, 2.45) is 0 Å². The summed E-state index contributed by atoms with van der Waals surface area (Å²) in [5.74, 6) is -0.243. The summed E-state index contributed by atoms with van der Waals surface area (Å²) in [5.41, 5.74) is 0.424. The van der Waals surface area contributed by atoms with E-state index in [9.17, 15) is 9.90 Å². The van der Waals surface area contributed by atoms with E-state index < -0.39 is 11.6 Å². The number of nitrogens with zero attached hydrogens (tertiary/aromatic N) is 1. The van der Waals surface area contributed by atoms with Crippen LogP contribution < -0.4 is 0 Å². The lowest BCUT2D eigenvalue weighted by molar-refractivity contribution is -0.151. The van der Waals surface area contributed by atoms with Crippen molar-refractivity contribution in [3.8, 4) is 0 Å². The molecule has 2 rings (SSSR count). The average Bonchev–Trinajstić information content (AvgIpc) is 2.55. The van der Waals surface area contributed by atoms with E-state index in [1.165, 1.54) is 7.11 Å². The topological polar surface area (TPSA) is 49.8 Å². The summed E-state index contributed by atoms with van der Waals surface area (Å²) in [7, 11) is 1.39. The van der Waals surface area contributed by atoms with Gasteiger partial charge in [0, 0.05) is 19.5 Å². The van der Waals surface area contributed by atoms with E-state index >= 15 is 0 Å². The molecule has 1 N–H and O–H groups in total. The van der Waals surface area contributed by atoms with Gasteiger partial charge in [-0.2, -0.15) is 0 Å². The van der Waals surface area contributed by atoms with Crippen LogP contribution in [0.5, 0.6) is 0 Å². The minimum atomic E-state index is -0.620. The first-order chi connectivity index (χ1) is 6.58. The van der Waals surface area contributed by atoms with Gasteiger partial charge in [-0.3, -0.25) is 9.69 Å². The van der Waals surface area contributed by atoms with E-state index in [-0.39, 0.29) is 5.97 Å². The fraction of sp³-hybridized carbons (Fsp3) is 0.700. The number of carbonyl (C=O) groups excluding carboxylic acids is 1. The Bertz CT molecular complexity index is 289. The third-order valence-corrected chi connectivity index (χ3v) is 3.13. The minimum Gasteiger partial charge on any atom is -0.468 e. The van der Waals surface area contributed by atoms with Crippen molar-refractivity contribution in [1.29, 1.82) is 0 Å². The number of hydrogen-bond acceptors (Lipinski definition) is 4. The Morgan fingerprint density at radius 1 is 1.79 bits per heavy atom. The third-order valence-electron chi connectivity index (χ3n) is 3.13. The van der Waals surface area contributed by atoms with Crippen molar-refractivity contribution in [3.05, 3.63) is 12.2 Å². The molecule has 0 bridgehead atoms. The van der Waals surface area contributed by atoms with Gasteiger partial charge >= 0.3 is 5.97 Å². The first-order valence-corrected chi connectivity index (χ1v) is 4.77. The van der Waals surface area contributed by atoms with Gasteiger partial charge in [0.2, 0.25) is 0 Å². The molecular weight excluding hydrogens is 182 g/mol. The molecule has 0 aromatic carbocycles. The van der Waals surface area contributed by atoms with E-state index in [1.54, 1.807) is 0 Å². The van der Waals surface area contributed by atoms with Gasteiger partial charge in [-0.25, -0.2) is 0 Å². The summed E-state index contributed by atoms with van der Waals surface area (Å²) < 4.78 is 4.80. The fourth-order valence-corrected chi connectivity index (χ4v) is 2.63. The molecule has 0 radical (unpaired) electrons. The predicted octanol–water partition coefficient (Wildman–Crippen LogP) is -0.0753. The summed E-state index contributed by atoms with van der Waals surface area (Å²) in [6.07, 6.45) is 0.678. The first-order valence-electron chi connectivity index (χ1n) is 4.77. The Morgan fingerprint density at radius 3 is 3.14 bits per heavy atom. The fourth-order valence-electron chi connectivity index (χ4n) is 2.63. The molecule has 2 aliphatic heterocycles. The number of rotatable bonds is 1. The number of aliphatic hydroxyl groups is 1. The van der Waals surface area contributed by atoms with Gasteiger partial charge in [-0.05, 0) is 6.42 Å². The van der Waals surface area contributed by atoms with E-state index in [2.05, 4.69) is 6.58 Å². The first kappa shape index (κ1) is 9.68. The van der Waals surface area contributed by atoms with Gasteiger partial charge in [0.25, 0.3) is 0 Å². The number of methoxy groups -OCH3 is 1. The maximum Gasteiger partial charge on any atom is 0.326 e. The smallest absolute Gasteiger partial charge is 0.326 e. The maximum atomic E-state index is 11.7. The SMILES string of the molecule is C=C1CN2C[C@@H](O)C[C@]2(C(=O)OC)C1. The van der Waals surface area contributed by atoms with Crippen molar-refractivity contribution in [2.75, 3.05) is 20.2 Å². The number of ether oxygens (including phenoxy) is 1. The largest absolute Gasteiger partial charge is 0.468 e. The van der Waals surface area contributed by atoms with Gasteiger partial charge in [-0.1, -0.05) is 12.2 Å². The van der Waals surface area contributed by atoms with Gasteiger partial charge in [0.05, 0.1) is 13.2 Å². The van der Waals surface area contributed by atoms with Gasteiger partial charge in [0.1, 0.15) is 5.54 Å². The molecule has 14 heavy (non-hydrogen) atoms. The molecule has 2 aliphatic rings. The predicted molar refractivity (Wildman–Crippen MR) is 50.7 cm³/mol. The lowest BCUT2D eigenvalue weighted by atomic mass is 9.92. The van der Waals surface area contributed by atoms with E-state index in [1.807, 2.05) is 4.90 Å². The third kappa shape index (κ3) is 1.18. The zero-order valence-electron chi connectivity index (χ0n) is 8.32. The zero-order chi connectivity index (χ0) is 10.3. The van der Waals surface area contributed by atoms with Crippen LogP contribution in [-0.2, 0) is 9.53 Å². The summed E-state index contributed by atoms with van der Waals surface area (Å²) >= 11 is 0. The molecule has 4 heteroatoms. The van der Waals surface area contributed by atoms with Gasteiger partial charge < -0.3 is 9.84 Å². The second-order valence-corrected chi connectivity index (χ2v) is 4.19. The van der Waals surface area contributed by atoms with Crippen LogP contribution in [0.3, 0.4) is 0 Å².